The molecule has 0 amide bonds. The number of nitro benzene ring substituents is 1. The number of aromatic amines is 1. The molecule has 1 N–H and O–H groups in total. The maximum Gasteiger partial charge on any atom is 0.449 e. The van der Waals surface area contributed by atoms with E-state index in [1.807, 2.05) is 0 Å². The third kappa shape index (κ3) is 2.21. The molecule has 102 valence electrons. The summed E-state index contributed by atoms with van der Waals surface area (Å²) < 4.78 is 50.2. The van der Waals surface area contributed by atoms with Gasteiger partial charge in [0.25, 0.3) is 0 Å². The number of alkyl halides is 4. The number of hydrogen-bond donors (Lipinski definition) is 1. The van der Waals surface area contributed by atoms with Gasteiger partial charge >= 0.3 is 11.9 Å². The molecule has 0 radical (unpaired) electrons. The predicted octanol–water partition coefficient (Wildman–Crippen LogP) is 3.61. The molecule has 0 aliphatic carbocycles. The van der Waals surface area contributed by atoms with Crippen molar-refractivity contribution in [1.29, 1.82) is 0 Å². The van der Waals surface area contributed by atoms with Gasteiger partial charge in [-0.1, -0.05) is 11.6 Å². The summed E-state index contributed by atoms with van der Waals surface area (Å²) in [5, 5.41) is 10.5. The molecule has 1 aromatic heterocycles. The molecular formula is C9H4ClF4N3O2. The van der Waals surface area contributed by atoms with Crippen LogP contribution in [0.3, 0.4) is 0 Å². The summed E-state index contributed by atoms with van der Waals surface area (Å²) >= 11 is 5.64. The lowest BCUT2D eigenvalue weighted by molar-refractivity contribution is -0.384. The Bertz CT molecular complexity index is 668. The Morgan fingerprint density at radius 1 is 1.47 bits per heavy atom. The van der Waals surface area contributed by atoms with Crippen LogP contribution in [0, 0.1) is 10.1 Å². The lowest BCUT2D eigenvalue weighted by Gasteiger charge is -2.00. The maximum atomic E-state index is 12.7. The number of halogens is 5. The van der Waals surface area contributed by atoms with Crippen LogP contribution in [0.25, 0.3) is 11.0 Å². The van der Waals surface area contributed by atoms with Crippen LogP contribution in [0.15, 0.2) is 6.07 Å². The Kier molecular flexibility index (Phi) is 3.09. The summed E-state index contributed by atoms with van der Waals surface area (Å²) in [4.78, 5) is 14.8. The topological polar surface area (TPSA) is 71.8 Å². The molecule has 0 spiro atoms. The van der Waals surface area contributed by atoms with Gasteiger partial charge in [-0.05, 0) is 6.07 Å². The number of H-pyrrole nitrogens is 1. The molecule has 0 unspecified atom stereocenters. The molecule has 2 rings (SSSR count). The van der Waals surface area contributed by atoms with E-state index in [1.165, 1.54) is 0 Å². The minimum atomic E-state index is -4.81. The number of nitrogens with zero attached hydrogens (tertiary/aromatic N) is 2. The highest BCUT2D eigenvalue weighted by Crippen LogP contribution is 2.37. The van der Waals surface area contributed by atoms with Gasteiger partial charge in [0.1, 0.15) is 17.7 Å². The molecule has 0 aliphatic rings. The monoisotopic (exact) mass is 297 g/mol. The molecular weight excluding hydrogens is 294 g/mol. The van der Waals surface area contributed by atoms with E-state index in [-0.39, 0.29) is 5.02 Å². The van der Waals surface area contributed by atoms with Crippen LogP contribution in [-0.4, -0.2) is 14.9 Å². The molecule has 0 atom stereocenters. The first-order chi connectivity index (χ1) is 8.75. The van der Waals surface area contributed by atoms with Crippen LogP contribution < -0.4 is 0 Å². The molecule has 1 heterocycles. The number of nitro groups is 1. The van der Waals surface area contributed by atoms with E-state index < -0.39 is 45.9 Å². The van der Waals surface area contributed by atoms with Crippen molar-refractivity contribution in [3.8, 4) is 0 Å². The van der Waals surface area contributed by atoms with Gasteiger partial charge in [-0.3, -0.25) is 10.1 Å². The molecule has 0 aliphatic heterocycles. The highest BCUT2D eigenvalue weighted by Gasteiger charge is 2.37. The average molecular weight is 298 g/mol. The Balaban J connectivity index is 2.86. The summed E-state index contributed by atoms with van der Waals surface area (Å²) in [5.41, 5.74) is -2.18. The van der Waals surface area contributed by atoms with Crippen molar-refractivity contribution in [3.05, 3.63) is 32.6 Å². The predicted molar refractivity (Wildman–Crippen MR) is 57.6 cm³/mol. The van der Waals surface area contributed by atoms with E-state index in [0.29, 0.717) is 0 Å². The molecule has 0 bridgehead atoms. The second kappa shape index (κ2) is 4.34. The standard InChI is InChI=1S/C9H4ClF4N3O2/c10-4-1-3(2-11)7(17(18)19)6-5(4)15-8(16-6)9(12,13)14/h1H,2H2,(H,15,16). The Hall–Kier alpha value is -1.90. The zero-order valence-electron chi connectivity index (χ0n) is 8.89. The van der Waals surface area contributed by atoms with Crippen molar-refractivity contribution in [2.24, 2.45) is 0 Å². The van der Waals surface area contributed by atoms with Crippen molar-refractivity contribution in [3.63, 3.8) is 0 Å². The van der Waals surface area contributed by atoms with Crippen LogP contribution in [0.4, 0.5) is 23.2 Å². The van der Waals surface area contributed by atoms with E-state index in [1.54, 1.807) is 4.98 Å². The summed E-state index contributed by atoms with van der Waals surface area (Å²) in [6.07, 6.45) is -4.81. The van der Waals surface area contributed by atoms with Crippen molar-refractivity contribution >= 4 is 28.3 Å². The largest absolute Gasteiger partial charge is 0.449 e. The van der Waals surface area contributed by atoms with Crippen LogP contribution >= 0.6 is 11.6 Å². The summed E-state index contributed by atoms with van der Waals surface area (Å²) in [6, 6.07) is 0.892. The number of aromatic nitrogens is 2. The normalized spacial score (nSPS) is 12.1. The summed E-state index contributed by atoms with van der Waals surface area (Å²) in [6.45, 7) is -1.23. The number of fused-ring (bicyclic) bond motifs is 1. The van der Waals surface area contributed by atoms with Gasteiger partial charge in [0, 0.05) is 0 Å². The molecule has 5 nitrogen and oxygen atoms in total. The van der Waals surface area contributed by atoms with Crippen molar-refractivity contribution in [2.75, 3.05) is 0 Å². The lowest BCUT2D eigenvalue weighted by atomic mass is 10.1. The molecule has 2 aromatic rings. The van der Waals surface area contributed by atoms with Crippen LogP contribution in [0.2, 0.25) is 5.02 Å². The Morgan fingerprint density at radius 2 is 2.11 bits per heavy atom. The Labute approximate surface area is 107 Å². The molecule has 0 fully saturated rings. The fraction of sp³-hybridized carbons (Fsp3) is 0.222. The third-order valence-corrected chi connectivity index (χ3v) is 2.66. The van der Waals surface area contributed by atoms with Gasteiger partial charge in [-0.25, -0.2) is 9.37 Å². The fourth-order valence-corrected chi connectivity index (χ4v) is 1.88. The first-order valence-corrected chi connectivity index (χ1v) is 5.12. The number of nitrogens with one attached hydrogen (secondary N) is 1. The highest BCUT2D eigenvalue weighted by molar-refractivity contribution is 6.35. The van der Waals surface area contributed by atoms with E-state index in [2.05, 4.69) is 4.98 Å². The molecule has 0 saturated carbocycles. The third-order valence-electron chi connectivity index (χ3n) is 2.37. The molecule has 1 aromatic carbocycles. The van der Waals surface area contributed by atoms with Gasteiger partial charge in [-0.15, -0.1) is 0 Å². The number of benzene rings is 1. The zero-order chi connectivity index (χ0) is 14.4. The van der Waals surface area contributed by atoms with Gasteiger partial charge in [0.15, 0.2) is 0 Å². The van der Waals surface area contributed by atoms with Crippen LogP contribution in [0.5, 0.6) is 0 Å². The summed E-state index contributed by atoms with van der Waals surface area (Å²) in [7, 11) is 0. The Morgan fingerprint density at radius 3 is 2.58 bits per heavy atom. The second-order valence-electron chi connectivity index (χ2n) is 3.56. The molecule has 19 heavy (non-hydrogen) atoms. The summed E-state index contributed by atoms with van der Waals surface area (Å²) in [5.74, 6) is -1.43. The van der Waals surface area contributed by atoms with Crippen molar-refractivity contribution in [2.45, 2.75) is 12.9 Å². The minimum Gasteiger partial charge on any atom is -0.329 e. The fourth-order valence-electron chi connectivity index (χ4n) is 1.61. The van der Waals surface area contributed by atoms with E-state index in [9.17, 15) is 27.7 Å². The van der Waals surface area contributed by atoms with Gasteiger partial charge in [0.05, 0.1) is 15.5 Å². The quantitative estimate of drug-likeness (QED) is 0.523. The van der Waals surface area contributed by atoms with Crippen LogP contribution in [0.1, 0.15) is 11.4 Å². The number of hydrogen-bond acceptors (Lipinski definition) is 3. The maximum absolute atomic E-state index is 12.7. The van der Waals surface area contributed by atoms with Crippen molar-refractivity contribution in [1.82, 2.24) is 9.97 Å². The van der Waals surface area contributed by atoms with E-state index in [0.717, 1.165) is 6.07 Å². The van der Waals surface area contributed by atoms with Gasteiger partial charge < -0.3 is 4.98 Å². The lowest BCUT2D eigenvalue weighted by Crippen LogP contribution is -2.07. The average Bonchev–Trinajstić information content (AvgIpc) is 2.72. The zero-order valence-corrected chi connectivity index (χ0v) is 9.64. The highest BCUT2D eigenvalue weighted by atomic mass is 35.5. The van der Waals surface area contributed by atoms with E-state index >= 15 is 0 Å². The minimum absolute atomic E-state index is 0.292. The van der Waals surface area contributed by atoms with E-state index in [4.69, 9.17) is 11.6 Å². The molecule has 10 heteroatoms. The van der Waals surface area contributed by atoms with Crippen LogP contribution in [-0.2, 0) is 12.9 Å². The second-order valence-corrected chi connectivity index (χ2v) is 3.97. The van der Waals surface area contributed by atoms with Crippen molar-refractivity contribution < 1.29 is 22.5 Å². The first-order valence-electron chi connectivity index (χ1n) is 4.74. The smallest absolute Gasteiger partial charge is 0.329 e. The van der Waals surface area contributed by atoms with Gasteiger partial charge in [0.2, 0.25) is 5.82 Å². The SMILES string of the molecule is O=[N+]([O-])c1c(CF)cc(Cl)c2nc(C(F)(F)F)[nH]c12. The number of rotatable bonds is 2. The first kappa shape index (κ1) is 13.5. The van der Waals surface area contributed by atoms with Gasteiger partial charge in [-0.2, -0.15) is 13.2 Å². The number of imidazole rings is 1. The molecule has 0 saturated heterocycles.